The number of ether oxygens (including phenoxy) is 1. The highest BCUT2D eigenvalue weighted by molar-refractivity contribution is 9.10. The van der Waals surface area contributed by atoms with Crippen LogP contribution in [0.4, 0.5) is 0 Å². The molecule has 2 nitrogen and oxygen atoms in total. The molecule has 1 N–H and O–H groups in total. The maximum Gasteiger partial charge on any atom is 0.124 e. The van der Waals surface area contributed by atoms with Gasteiger partial charge in [0, 0.05) is 15.1 Å². The van der Waals surface area contributed by atoms with Gasteiger partial charge in [-0.05, 0) is 48.9 Å². The molecule has 2 aromatic carbocycles. The molecule has 112 valence electrons. The fourth-order valence-corrected chi connectivity index (χ4v) is 2.82. The second kappa shape index (κ2) is 7.30. The van der Waals surface area contributed by atoms with E-state index >= 15 is 0 Å². The molecule has 21 heavy (non-hydrogen) atoms. The number of benzene rings is 2. The van der Waals surface area contributed by atoms with Crippen LogP contribution in [-0.4, -0.2) is 13.7 Å². The van der Waals surface area contributed by atoms with Gasteiger partial charge in [0.2, 0.25) is 0 Å². The van der Waals surface area contributed by atoms with Gasteiger partial charge >= 0.3 is 0 Å². The van der Waals surface area contributed by atoms with Crippen LogP contribution in [0.2, 0.25) is 5.02 Å². The standard InChI is InChI=1S/C17H19BrClNO/c1-4-20-17(12-5-7-15(18)11(2)9-12)14-10-13(19)6-8-16(14)21-3/h5-10,17,20H,4H2,1-3H3. The average Bonchev–Trinajstić information content (AvgIpc) is 2.48. The summed E-state index contributed by atoms with van der Waals surface area (Å²) in [5.41, 5.74) is 3.45. The first-order valence-corrected chi connectivity index (χ1v) is 8.06. The van der Waals surface area contributed by atoms with E-state index in [1.165, 1.54) is 11.1 Å². The van der Waals surface area contributed by atoms with Crippen LogP contribution in [0.5, 0.6) is 5.75 Å². The average molecular weight is 369 g/mol. The first kappa shape index (κ1) is 16.3. The van der Waals surface area contributed by atoms with E-state index in [-0.39, 0.29) is 6.04 Å². The first-order valence-electron chi connectivity index (χ1n) is 6.89. The highest BCUT2D eigenvalue weighted by Gasteiger charge is 2.18. The fraction of sp³-hybridized carbons (Fsp3) is 0.294. The van der Waals surface area contributed by atoms with Crippen molar-refractivity contribution in [3.05, 3.63) is 62.6 Å². The van der Waals surface area contributed by atoms with Crippen molar-refractivity contribution in [2.24, 2.45) is 0 Å². The van der Waals surface area contributed by atoms with Gasteiger partial charge in [-0.2, -0.15) is 0 Å². The summed E-state index contributed by atoms with van der Waals surface area (Å²) >= 11 is 9.72. The lowest BCUT2D eigenvalue weighted by Gasteiger charge is -2.22. The number of rotatable bonds is 5. The minimum atomic E-state index is 0.0513. The second-order valence-electron chi connectivity index (χ2n) is 4.89. The quantitative estimate of drug-likeness (QED) is 0.791. The van der Waals surface area contributed by atoms with Crippen LogP contribution in [0.15, 0.2) is 40.9 Å². The predicted octanol–water partition coefficient (Wildman–Crippen LogP) is 5.12. The first-order chi connectivity index (χ1) is 10.1. The Bertz CT molecular complexity index is 630. The lowest BCUT2D eigenvalue weighted by atomic mass is 9.96. The maximum absolute atomic E-state index is 6.17. The van der Waals surface area contributed by atoms with Gasteiger partial charge in [0.05, 0.1) is 13.2 Å². The summed E-state index contributed by atoms with van der Waals surface area (Å²) < 4.78 is 6.61. The summed E-state index contributed by atoms with van der Waals surface area (Å²) in [6.45, 7) is 5.04. The molecule has 0 saturated carbocycles. The Hall–Kier alpha value is -1.03. The van der Waals surface area contributed by atoms with Crippen molar-refractivity contribution in [1.29, 1.82) is 0 Å². The van der Waals surface area contributed by atoms with Crippen molar-refractivity contribution in [1.82, 2.24) is 5.32 Å². The molecule has 0 bridgehead atoms. The minimum absolute atomic E-state index is 0.0513. The summed E-state index contributed by atoms with van der Waals surface area (Å²) in [6.07, 6.45) is 0. The normalized spacial score (nSPS) is 12.2. The van der Waals surface area contributed by atoms with Crippen LogP contribution in [0, 0.1) is 6.92 Å². The highest BCUT2D eigenvalue weighted by atomic mass is 79.9. The maximum atomic E-state index is 6.17. The van der Waals surface area contributed by atoms with Crippen molar-refractivity contribution >= 4 is 27.5 Å². The molecule has 0 radical (unpaired) electrons. The number of hydrogen-bond acceptors (Lipinski definition) is 2. The zero-order chi connectivity index (χ0) is 15.4. The van der Waals surface area contributed by atoms with Gasteiger partial charge in [-0.15, -0.1) is 0 Å². The van der Waals surface area contributed by atoms with Crippen molar-refractivity contribution < 1.29 is 4.74 Å². The van der Waals surface area contributed by atoms with E-state index in [4.69, 9.17) is 16.3 Å². The third-order valence-corrected chi connectivity index (χ3v) is 4.55. The molecule has 0 fully saturated rings. The van der Waals surface area contributed by atoms with E-state index in [1.54, 1.807) is 7.11 Å². The molecule has 0 spiro atoms. The molecule has 0 aliphatic rings. The Morgan fingerprint density at radius 3 is 2.62 bits per heavy atom. The molecule has 1 unspecified atom stereocenters. The van der Waals surface area contributed by atoms with Crippen molar-refractivity contribution in [2.75, 3.05) is 13.7 Å². The van der Waals surface area contributed by atoms with Gasteiger partial charge in [-0.3, -0.25) is 0 Å². The third-order valence-electron chi connectivity index (χ3n) is 3.43. The summed E-state index contributed by atoms with van der Waals surface area (Å²) in [7, 11) is 1.68. The van der Waals surface area contributed by atoms with Gasteiger partial charge < -0.3 is 10.1 Å². The van der Waals surface area contributed by atoms with Gasteiger partial charge in [0.25, 0.3) is 0 Å². The zero-order valence-corrected chi connectivity index (χ0v) is 14.8. The molecule has 2 rings (SSSR count). The SMILES string of the molecule is CCNC(c1ccc(Br)c(C)c1)c1cc(Cl)ccc1OC. The van der Waals surface area contributed by atoms with Gasteiger partial charge in [-0.1, -0.05) is 46.6 Å². The van der Waals surface area contributed by atoms with Crippen LogP contribution >= 0.6 is 27.5 Å². The van der Waals surface area contributed by atoms with Gasteiger partial charge in [0.1, 0.15) is 5.75 Å². The molecule has 0 heterocycles. The van der Waals surface area contributed by atoms with E-state index in [9.17, 15) is 0 Å². The van der Waals surface area contributed by atoms with E-state index in [0.29, 0.717) is 5.02 Å². The van der Waals surface area contributed by atoms with Gasteiger partial charge in [0.15, 0.2) is 0 Å². The van der Waals surface area contributed by atoms with Crippen LogP contribution in [0.3, 0.4) is 0 Å². The monoisotopic (exact) mass is 367 g/mol. The smallest absolute Gasteiger partial charge is 0.124 e. The summed E-state index contributed by atoms with van der Waals surface area (Å²) in [4.78, 5) is 0. The summed E-state index contributed by atoms with van der Waals surface area (Å²) in [5.74, 6) is 0.839. The van der Waals surface area contributed by atoms with Crippen LogP contribution < -0.4 is 10.1 Å². The molecule has 0 aliphatic carbocycles. The summed E-state index contributed by atoms with van der Waals surface area (Å²) in [6, 6.07) is 12.1. The lowest BCUT2D eigenvalue weighted by molar-refractivity contribution is 0.404. The molecule has 2 aromatic rings. The van der Waals surface area contributed by atoms with Crippen LogP contribution in [-0.2, 0) is 0 Å². The van der Waals surface area contributed by atoms with E-state index in [1.807, 2.05) is 18.2 Å². The minimum Gasteiger partial charge on any atom is -0.496 e. The van der Waals surface area contributed by atoms with E-state index in [2.05, 4.69) is 53.3 Å². The molecule has 4 heteroatoms. The highest BCUT2D eigenvalue weighted by Crippen LogP contribution is 2.33. The number of halogens is 2. The molecule has 0 amide bonds. The zero-order valence-electron chi connectivity index (χ0n) is 12.4. The Morgan fingerprint density at radius 1 is 1.24 bits per heavy atom. The number of nitrogens with one attached hydrogen (secondary N) is 1. The Balaban J connectivity index is 2.52. The van der Waals surface area contributed by atoms with Crippen molar-refractivity contribution in [3.8, 4) is 5.75 Å². The molecule has 0 aromatic heterocycles. The Morgan fingerprint density at radius 2 is 2.00 bits per heavy atom. The molecule has 0 saturated heterocycles. The fourth-order valence-electron chi connectivity index (χ4n) is 2.39. The summed E-state index contributed by atoms with van der Waals surface area (Å²) in [5, 5.41) is 4.22. The molecule has 1 atom stereocenters. The van der Waals surface area contributed by atoms with Crippen LogP contribution in [0.25, 0.3) is 0 Å². The Labute approximate surface area is 139 Å². The Kier molecular flexibility index (Phi) is 5.68. The van der Waals surface area contributed by atoms with E-state index in [0.717, 1.165) is 22.3 Å². The van der Waals surface area contributed by atoms with Crippen molar-refractivity contribution in [3.63, 3.8) is 0 Å². The molecular formula is C17H19BrClNO. The lowest BCUT2D eigenvalue weighted by Crippen LogP contribution is -2.22. The van der Waals surface area contributed by atoms with Crippen LogP contribution in [0.1, 0.15) is 29.7 Å². The van der Waals surface area contributed by atoms with E-state index < -0.39 is 0 Å². The molecule has 0 aliphatic heterocycles. The van der Waals surface area contributed by atoms with Gasteiger partial charge in [-0.25, -0.2) is 0 Å². The largest absolute Gasteiger partial charge is 0.496 e. The number of methoxy groups -OCH3 is 1. The second-order valence-corrected chi connectivity index (χ2v) is 6.18. The number of aryl methyl sites for hydroxylation is 1. The number of hydrogen-bond donors (Lipinski definition) is 1. The topological polar surface area (TPSA) is 21.3 Å². The molecular weight excluding hydrogens is 350 g/mol. The predicted molar refractivity (Wildman–Crippen MR) is 92.4 cm³/mol. The third kappa shape index (κ3) is 3.79. The van der Waals surface area contributed by atoms with Crippen molar-refractivity contribution in [2.45, 2.75) is 19.9 Å².